The van der Waals surface area contributed by atoms with Crippen molar-refractivity contribution >= 4 is 17.0 Å². The van der Waals surface area contributed by atoms with E-state index in [4.69, 9.17) is 0 Å². The normalized spacial score (nSPS) is 14.6. The summed E-state index contributed by atoms with van der Waals surface area (Å²) in [6.45, 7) is 0. The van der Waals surface area contributed by atoms with E-state index in [1.165, 1.54) is 12.1 Å². The highest BCUT2D eigenvalue weighted by Crippen LogP contribution is 2.31. The van der Waals surface area contributed by atoms with Gasteiger partial charge in [-0.25, -0.2) is 4.39 Å². The van der Waals surface area contributed by atoms with Crippen LogP contribution < -0.4 is 5.32 Å². The van der Waals surface area contributed by atoms with Crippen LogP contribution in [0.15, 0.2) is 79.0 Å². The molecule has 0 amide bonds. The van der Waals surface area contributed by atoms with Gasteiger partial charge in [0.25, 0.3) is 0 Å². The number of allylic oxidation sites excluding steroid dienone is 1. The quantitative estimate of drug-likeness (QED) is 0.665. The predicted molar refractivity (Wildman–Crippen MR) is 98.0 cm³/mol. The molecule has 1 N–H and O–H groups in total. The van der Waals surface area contributed by atoms with E-state index in [2.05, 4.69) is 11.4 Å². The third kappa shape index (κ3) is 2.96. The van der Waals surface area contributed by atoms with Gasteiger partial charge in [0.15, 0.2) is 5.78 Å². The smallest absolute Gasteiger partial charge is 0.195 e. The molecule has 0 spiro atoms. The molecule has 0 saturated carbocycles. The van der Waals surface area contributed by atoms with Crippen LogP contribution in [0.1, 0.15) is 27.0 Å². The number of anilines is 1. The summed E-state index contributed by atoms with van der Waals surface area (Å²) in [6, 6.07) is 21.7. The Morgan fingerprint density at radius 2 is 1.40 bits per heavy atom. The first kappa shape index (κ1) is 15.3. The summed E-state index contributed by atoms with van der Waals surface area (Å²) in [5.74, 6) is -0.293. The van der Waals surface area contributed by atoms with Gasteiger partial charge in [0, 0.05) is 23.0 Å². The first-order valence-electron chi connectivity index (χ1n) is 8.15. The maximum atomic E-state index is 13.1. The molecular formula is C22H16FNO. The SMILES string of the molecule is O=C1/C(=C/Nc2ccc(F)cc2)c2ccccc2Cc2ccccc21. The maximum Gasteiger partial charge on any atom is 0.195 e. The van der Waals surface area contributed by atoms with Crippen molar-refractivity contribution in [1.82, 2.24) is 0 Å². The third-order valence-corrected chi connectivity index (χ3v) is 4.42. The van der Waals surface area contributed by atoms with Crippen molar-refractivity contribution in [3.63, 3.8) is 0 Å². The van der Waals surface area contributed by atoms with Crippen molar-refractivity contribution in [1.29, 1.82) is 0 Å². The Bertz CT molecular complexity index is 973. The van der Waals surface area contributed by atoms with E-state index >= 15 is 0 Å². The van der Waals surface area contributed by atoms with E-state index in [1.807, 2.05) is 42.5 Å². The number of Topliss-reactive ketones (excluding diaryl/α,β-unsaturated/α-hetero) is 1. The van der Waals surface area contributed by atoms with Gasteiger partial charge in [-0.05, 0) is 47.4 Å². The van der Waals surface area contributed by atoms with Gasteiger partial charge in [-0.1, -0.05) is 48.5 Å². The maximum absolute atomic E-state index is 13.1. The van der Waals surface area contributed by atoms with Crippen molar-refractivity contribution in [3.05, 3.63) is 107 Å². The summed E-state index contributed by atoms with van der Waals surface area (Å²) in [5, 5.41) is 3.12. The number of rotatable bonds is 2. The van der Waals surface area contributed by atoms with Gasteiger partial charge in [0.05, 0.1) is 0 Å². The topological polar surface area (TPSA) is 29.1 Å². The number of ketones is 1. The molecule has 1 aliphatic carbocycles. The average molecular weight is 329 g/mol. The molecule has 3 aromatic rings. The van der Waals surface area contributed by atoms with Crippen LogP contribution in [0.5, 0.6) is 0 Å². The zero-order valence-corrected chi connectivity index (χ0v) is 13.5. The minimum Gasteiger partial charge on any atom is -0.361 e. The van der Waals surface area contributed by atoms with Crippen molar-refractivity contribution in [3.8, 4) is 0 Å². The Hall–Kier alpha value is -3.20. The van der Waals surface area contributed by atoms with Crippen LogP contribution in [-0.2, 0) is 6.42 Å². The molecule has 0 unspecified atom stereocenters. The van der Waals surface area contributed by atoms with E-state index in [-0.39, 0.29) is 11.6 Å². The summed E-state index contributed by atoms with van der Waals surface area (Å²) < 4.78 is 13.1. The van der Waals surface area contributed by atoms with Gasteiger partial charge in [-0.3, -0.25) is 4.79 Å². The van der Waals surface area contributed by atoms with Crippen LogP contribution >= 0.6 is 0 Å². The first-order chi connectivity index (χ1) is 12.2. The second kappa shape index (κ2) is 6.36. The molecule has 4 rings (SSSR count). The molecule has 0 heterocycles. The Kier molecular flexibility index (Phi) is 3.90. The van der Waals surface area contributed by atoms with Crippen LogP contribution in [0.4, 0.5) is 10.1 Å². The first-order valence-corrected chi connectivity index (χ1v) is 8.15. The predicted octanol–water partition coefficient (Wildman–Crippen LogP) is 5.07. The van der Waals surface area contributed by atoms with Crippen molar-refractivity contribution < 1.29 is 9.18 Å². The number of benzene rings is 3. The van der Waals surface area contributed by atoms with Gasteiger partial charge in [-0.2, -0.15) is 0 Å². The third-order valence-electron chi connectivity index (χ3n) is 4.42. The van der Waals surface area contributed by atoms with E-state index in [9.17, 15) is 9.18 Å². The second-order valence-electron chi connectivity index (χ2n) is 6.03. The minimum atomic E-state index is -0.289. The number of carbonyl (C=O) groups is 1. The van der Waals surface area contributed by atoms with Crippen LogP contribution in [-0.4, -0.2) is 5.78 Å². The minimum absolute atomic E-state index is 0.00448. The van der Waals surface area contributed by atoms with Crippen molar-refractivity contribution in [2.24, 2.45) is 0 Å². The lowest BCUT2D eigenvalue weighted by atomic mass is 9.97. The van der Waals surface area contributed by atoms with Gasteiger partial charge in [0.1, 0.15) is 5.82 Å². The zero-order chi connectivity index (χ0) is 17.2. The van der Waals surface area contributed by atoms with E-state index in [0.717, 1.165) is 34.4 Å². The summed E-state index contributed by atoms with van der Waals surface area (Å²) in [5.41, 5.74) is 5.16. The lowest BCUT2D eigenvalue weighted by molar-refractivity contribution is 0.105. The van der Waals surface area contributed by atoms with Crippen molar-refractivity contribution in [2.45, 2.75) is 6.42 Å². The molecule has 2 nitrogen and oxygen atoms in total. The van der Waals surface area contributed by atoms with Gasteiger partial charge in [0.2, 0.25) is 0 Å². The molecule has 3 heteroatoms. The molecule has 0 atom stereocenters. The lowest BCUT2D eigenvalue weighted by Crippen LogP contribution is -2.05. The molecule has 0 aromatic heterocycles. The monoisotopic (exact) mass is 329 g/mol. The number of fused-ring (bicyclic) bond motifs is 2. The molecule has 25 heavy (non-hydrogen) atoms. The highest BCUT2D eigenvalue weighted by Gasteiger charge is 2.23. The Morgan fingerprint density at radius 1 is 0.800 bits per heavy atom. The van der Waals surface area contributed by atoms with E-state index < -0.39 is 0 Å². The fraction of sp³-hybridized carbons (Fsp3) is 0.0455. The standard InChI is InChI=1S/C22H16FNO/c23-17-9-11-18(12-10-17)24-14-21-19-7-3-1-5-15(19)13-16-6-2-4-8-20(16)22(21)25/h1-12,14,24H,13H2/b21-14+. The van der Waals surface area contributed by atoms with Gasteiger partial charge < -0.3 is 5.32 Å². The lowest BCUT2D eigenvalue weighted by Gasteiger charge is -2.09. The Morgan fingerprint density at radius 3 is 2.12 bits per heavy atom. The highest BCUT2D eigenvalue weighted by molar-refractivity contribution is 6.30. The molecule has 0 fully saturated rings. The Balaban J connectivity index is 1.80. The van der Waals surface area contributed by atoms with Crippen LogP contribution in [0.25, 0.3) is 5.57 Å². The number of hydrogen-bond donors (Lipinski definition) is 1. The summed E-state index contributed by atoms with van der Waals surface area (Å²) in [6.07, 6.45) is 2.45. The number of hydrogen-bond acceptors (Lipinski definition) is 2. The summed E-state index contributed by atoms with van der Waals surface area (Å²) >= 11 is 0. The van der Waals surface area contributed by atoms with Crippen LogP contribution in [0, 0.1) is 5.82 Å². The highest BCUT2D eigenvalue weighted by atomic mass is 19.1. The van der Waals surface area contributed by atoms with Crippen LogP contribution in [0.3, 0.4) is 0 Å². The second-order valence-corrected chi connectivity index (χ2v) is 6.03. The number of halogens is 1. The molecular weight excluding hydrogens is 313 g/mol. The van der Waals surface area contributed by atoms with E-state index in [1.54, 1.807) is 18.3 Å². The molecule has 1 aliphatic rings. The zero-order valence-electron chi connectivity index (χ0n) is 13.5. The average Bonchev–Trinajstić information content (AvgIpc) is 2.76. The van der Waals surface area contributed by atoms with Gasteiger partial charge in [-0.15, -0.1) is 0 Å². The fourth-order valence-electron chi connectivity index (χ4n) is 3.15. The largest absolute Gasteiger partial charge is 0.361 e. The molecule has 122 valence electrons. The number of carbonyl (C=O) groups excluding carboxylic acids is 1. The summed E-state index contributed by atoms with van der Waals surface area (Å²) in [7, 11) is 0. The van der Waals surface area contributed by atoms with E-state index in [0.29, 0.717) is 5.57 Å². The van der Waals surface area contributed by atoms with Crippen LogP contribution in [0.2, 0.25) is 0 Å². The van der Waals surface area contributed by atoms with Crippen molar-refractivity contribution in [2.75, 3.05) is 5.32 Å². The fourth-order valence-corrected chi connectivity index (χ4v) is 3.15. The molecule has 0 bridgehead atoms. The molecule has 0 saturated heterocycles. The van der Waals surface area contributed by atoms with Gasteiger partial charge >= 0.3 is 0 Å². The molecule has 0 aliphatic heterocycles. The number of nitrogens with one attached hydrogen (secondary N) is 1. The molecule has 3 aromatic carbocycles. The summed E-state index contributed by atoms with van der Waals surface area (Å²) in [4.78, 5) is 13.1. The Labute approximate surface area is 145 Å². The molecule has 0 radical (unpaired) electrons.